The largest absolute Gasteiger partial charge is 0.382 e. The van der Waals surface area contributed by atoms with Crippen LogP contribution in [0.4, 0.5) is 5.82 Å². The Hall–Kier alpha value is -3.77. The zero-order chi connectivity index (χ0) is 30.2. The van der Waals surface area contributed by atoms with Gasteiger partial charge >= 0.3 is 0 Å². The molecule has 2 aromatic heterocycles. The fourth-order valence-corrected chi connectivity index (χ4v) is 4.56. The first-order chi connectivity index (χ1) is 20.4. The molecule has 0 unspecified atom stereocenters. The molecule has 5 N–H and O–H groups in total. The molecule has 0 bridgehead atoms. The number of unbranched alkanes of at least 4 members (excludes halogenated alkanes) is 2. The van der Waals surface area contributed by atoms with E-state index in [2.05, 4.69) is 38.5 Å². The Bertz CT molecular complexity index is 1310. The first kappa shape index (κ1) is 32.7. The normalized spacial score (nSPS) is 11.2. The van der Waals surface area contributed by atoms with Crippen molar-refractivity contribution in [3.63, 3.8) is 0 Å². The molecule has 2 heterocycles. The lowest BCUT2D eigenvalue weighted by Gasteiger charge is -2.11. The van der Waals surface area contributed by atoms with Crippen LogP contribution in [0.3, 0.4) is 0 Å². The van der Waals surface area contributed by atoms with Gasteiger partial charge in [-0.2, -0.15) is 0 Å². The van der Waals surface area contributed by atoms with Crippen LogP contribution in [0.25, 0.3) is 21.9 Å². The van der Waals surface area contributed by atoms with Gasteiger partial charge < -0.3 is 35.7 Å². The molecule has 0 aliphatic rings. The number of hydrogen-bond donors (Lipinski definition) is 4. The molecule has 42 heavy (non-hydrogen) atoms. The maximum atomic E-state index is 12.2. The van der Waals surface area contributed by atoms with Crippen LogP contribution in [-0.2, 0) is 36.8 Å². The van der Waals surface area contributed by atoms with E-state index in [1.165, 1.54) is 0 Å². The Morgan fingerprint density at radius 3 is 2.29 bits per heavy atom. The van der Waals surface area contributed by atoms with E-state index >= 15 is 0 Å². The number of imidazole rings is 1. The second kappa shape index (κ2) is 17.9. The van der Waals surface area contributed by atoms with Gasteiger partial charge in [0.1, 0.15) is 11.3 Å². The van der Waals surface area contributed by atoms with Crippen LogP contribution in [0.15, 0.2) is 24.3 Å². The number of benzene rings is 1. The molecule has 0 fully saturated rings. The van der Waals surface area contributed by atoms with Gasteiger partial charge in [-0.25, -0.2) is 9.97 Å². The quantitative estimate of drug-likeness (QED) is 0.147. The fraction of sp³-hybridized carbons (Fsp3) is 0.567. The summed E-state index contributed by atoms with van der Waals surface area (Å²) in [5.41, 5.74) is 8.89. The highest BCUT2D eigenvalue weighted by atomic mass is 16.5. The molecule has 230 valence electrons. The maximum absolute atomic E-state index is 12.2. The van der Waals surface area contributed by atoms with Gasteiger partial charge in [-0.3, -0.25) is 14.4 Å². The summed E-state index contributed by atoms with van der Waals surface area (Å²) in [7, 11) is 0. The van der Waals surface area contributed by atoms with E-state index < -0.39 is 0 Å². The number of anilines is 1. The maximum Gasteiger partial charge on any atom is 0.239 e. The van der Waals surface area contributed by atoms with Gasteiger partial charge in [0.05, 0.1) is 44.0 Å². The van der Waals surface area contributed by atoms with Gasteiger partial charge in [-0.1, -0.05) is 31.5 Å². The number of aromatic nitrogens is 3. The summed E-state index contributed by atoms with van der Waals surface area (Å²) < 4.78 is 13.0. The standard InChI is InChI=1S/C30H45N7O5/c1-3-5-12-24-36-28-29(22-10-6-7-11-23(22)35-30(28)31)37(24)16-9-8-15-33-27(40)21-34-26(39)14-18-42-20-19-41-17-13-25(38)32-4-2/h6-7,10-11H,3-5,8-9,12-21H2,1-2H3,(H2,31,35)(H,32,38)(H,33,40)(H,34,39). The van der Waals surface area contributed by atoms with Crippen LogP contribution in [0.2, 0.25) is 0 Å². The number of ether oxygens (including phenoxy) is 2. The number of amides is 3. The Kier molecular flexibility index (Phi) is 14.0. The molecule has 0 spiro atoms. The SMILES string of the molecule is CCCCc1nc2c(N)nc3ccccc3c2n1CCCCNC(=O)CNC(=O)CCOCCOCCC(=O)NCC. The van der Waals surface area contributed by atoms with Crippen LogP contribution in [0, 0.1) is 0 Å². The molecular formula is C30H45N7O5. The summed E-state index contributed by atoms with van der Waals surface area (Å²) in [5, 5.41) is 9.22. The number of rotatable bonds is 20. The van der Waals surface area contributed by atoms with Crippen molar-refractivity contribution < 1.29 is 23.9 Å². The minimum absolute atomic E-state index is 0.0449. The summed E-state index contributed by atoms with van der Waals surface area (Å²) in [5.74, 6) is 0.925. The van der Waals surface area contributed by atoms with Crippen LogP contribution < -0.4 is 21.7 Å². The molecule has 1 aromatic carbocycles. The Balaban J connectivity index is 1.33. The smallest absolute Gasteiger partial charge is 0.239 e. The summed E-state index contributed by atoms with van der Waals surface area (Å²) >= 11 is 0. The van der Waals surface area contributed by atoms with Crippen LogP contribution in [-0.4, -0.2) is 78.3 Å². The number of fused-ring (bicyclic) bond motifs is 3. The molecular weight excluding hydrogens is 538 g/mol. The molecule has 3 amide bonds. The number of nitrogens with one attached hydrogen (secondary N) is 3. The number of carbonyl (C=O) groups excluding carboxylic acids is 3. The predicted octanol–water partition coefficient (Wildman–Crippen LogP) is 2.47. The van der Waals surface area contributed by atoms with E-state index in [0.29, 0.717) is 45.1 Å². The highest BCUT2D eigenvalue weighted by Gasteiger charge is 2.17. The third-order valence-electron chi connectivity index (χ3n) is 6.71. The predicted molar refractivity (Wildman–Crippen MR) is 163 cm³/mol. The molecule has 3 aromatic rings. The molecule has 0 saturated heterocycles. The number of nitrogens with zero attached hydrogens (tertiary/aromatic N) is 3. The lowest BCUT2D eigenvalue weighted by molar-refractivity contribution is -0.126. The van der Waals surface area contributed by atoms with Crippen molar-refractivity contribution >= 4 is 45.5 Å². The molecule has 12 heteroatoms. The van der Waals surface area contributed by atoms with Gasteiger partial charge in [0.15, 0.2) is 5.82 Å². The highest BCUT2D eigenvalue weighted by Crippen LogP contribution is 2.29. The number of nitrogen functional groups attached to an aromatic ring is 1. The molecule has 12 nitrogen and oxygen atoms in total. The number of aryl methyl sites for hydroxylation is 2. The molecule has 0 atom stereocenters. The number of para-hydroxylation sites is 1. The average molecular weight is 584 g/mol. The van der Waals surface area contributed by atoms with Gasteiger partial charge in [0.25, 0.3) is 0 Å². The lowest BCUT2D eigenvalue weighted by Crippen LogP contribution is -2.37. The molecule has 0 saturated carbocycles. The second-order valence-corrected chi connectivity index (χ2v) is 10.0. The van der Waals surface area contributed by atoms with Gasteiger partial charge in [-0.05, 0) is 32.3 Å². The Morgan fingerprint density at radius 2 is 1.57 bits per heavy atom. The Labute approximate surface area is 247 Å². The molecule has 0 radical (unpaired) electrons. The van der Waals surface area contributed by atoms with Crippen LogP contribution >= 0.6 is 0 Å². The highest BCUT2D eigenvalue weighted by molar-refractivity contribution is 6.06. The van der Waals surface area contributed by atoms with E-state index in [4.69, 9.17) is 20.2 Å². The first-order valence-corrected chi connectivity index (χ1v) is 14.9. The van der Waals surface area contributed by atoms with Crippen molar-refractivity contribution in [2.45, 2.75) is 65.3 Å². The van der Waals surface area contributed by atoms with Gasteiger partial charge in [-0.15, -0.1) is 0 Å². The van der Waals surface area contributed by atoms with Crippen molar-refractivity contribution in [2.75, 3.05) is 51.8 Å². The number of carbonyl (C=O) groups is 3. The van der Waals surface area contributed by atoms with Gasteiger partial charge in [0.2, 0.25) is 17.7 Å². The summed E-state index contributed by atoms with van der Waals surface area (Å²) in [6, 6.07) is 7.97. The third-order valence-corrected chi connectivity index (χ3v) is 6.71. The zero-order valence-electron chi connectivity index (χ0n) is 24.9. The zero-order valence-corrected chi connectivity index (χ0v) is 24.9. The number of hydrogen-bond acceptors (Lipinski definition) is 8. The number of pyridine rings is 1. The first-order valence-electron chi connectivity index (χ1n) is 14.9. The van der Waals surface area contributed by atoms with E-state index in [1.807, 2.05) is 25.1 Å². The van der Waals surface area contributed by atoms with E-state index in [-0.39, 0.29) is 37.3 Å². The molecule has 0 aliphatic heterocycles. The van der Waals surface area contributed by atoms with E-state index in [1.54, 1.807) is 0 Å². The fourth-order valence-electron chi connectivity index (χ4n) is 4.56. The van der Waals surface area contributed by atoms with Crippen molar-refractivity contribution in [2.24, 2.45) is 0 Å². The van der Waals surface area contributed by atoms with Crippen LogP contribution in [0.5, 0.6) is 0 Å². The average Bonchev–Trinajstić information content (AvgIpc) is 3.35. The monoisotopic (exact) mass is 583 g/mol. The van der Waals surface area contributed by atoms with Gasteiger partial charge in [0, 0.05) is 44.3 Å². The minimum Gasteiger partial charge on any atom is -0.382 e. The van der Waals surface area contributed by atoms with Crippen molar-refractivity contribution in [3.05, 3.63) is 30.1 Å². The lowest BCUT2D eigenvalue weighted by atomic mass is 10.2. The summed E-state index contributed by atoms with van der Waals surface area (Å²) in [4.78, 5) is 44.9. The van der Waals surface area contributed by atoms with Crippen molar-refractivity contribution in [1.82, 2.24) is 30.5 Å². The molecule has 0 aliphatic carbocycles. The van der Waals surface area contributed by atoms with E-state index in [0.717, 1.165) is 66.4 Å². The summed E-state index contributed by atoms with van der Waals surface area (Å²) in [6.07, 6.45) is 5.07. The number of nitrogens with two attached hydrogens (primary N) is 1. The van der Waals surface area contributed by atoms with Crippen LogP contribution in [0.1, 0.15) is 58.2 Å². The topological polar surface area (TPSA) is 162 Å². The van der Waals surface area contributed by atoms with Crippen molar-refractivity contribution in [3.8, 4) is 0 Å². The third kappa shape index (κ3) is 10.3. The van der Waals surface area contributed by atoms with E-state index in [9.17, 15) is 14.4 Å². The second-order valence-electron chi connectivity index (χ2n) is 10.0. The summed E-state index contributed by atoms with van der Waals surface area (Å²) in [6.45, 7) is 7.06. The van der Waals surface area contributed by atoms with Crippen molar-refractivity contribution in [1.29, 1.82) is 0 Å². The Morgan fingerprint density at radius 1 is 0.857 bits per heavy atom. The molecule has 3 rings (SSSR count). The minimum atomic E-state index is -0.255.